The van der Waals surface area contributed by atoms with Gasteiger partial charge >= 0.3 is 12.2 Å². The van der Waals surface area contributed by atoms with Gasteiger partial charge in [-0.1, -0.05) is 11.6 Å². The molecule has 2 aromatic carbocycles. The van der Waals surface area contributed by atoms with Crippen LogP contribution in [0.3, 0.4) is 0 Å². The van der Waals surface area contributed by atoms with Crippen LogP contribution in [0, 0.1) is 0 Å². The summed E-state index contributed by atoms with van der Waals surface area (Å²) in [5.74, 6) is 1.80. The molecule has 170 valence electrons. The molecule has 0 aliphatic carbocycles. The number of nitrogens with zero attached hydrogens (tertiary/aromatic N) is 2. The van der Waals surface area contributed by atoms with Gasteiger partial charge in [-0.25, -0.2) is 4.79 Å². The van der Waals surface area contributed by atoms with E-state index in [1.54, 1.807) is 42.6 Å². The van der Waals surface area contributed by atoms with Crippen molar-refractivity contribution in [2.45, 2.75) is 6.18 Å². The van der Waals surface area contributed by atoms with Gasteiger partial charge in [0.05, 0.1) is 17.1 Å². The Labute approximate surface area is 191 Å². The molecule has 0 spiro atoms. The van der Waals surface area contributed by atoms with Crippen molar-refractivity contribution in [3.05, 3.63) is 77.1 Å². The summed E-state index contributed by atoms with van der Waals surface area (Å²) < 4.78 is 44.7. The standard InChI is InChI=1S/C22H17ClF3N5O2/c23-18-6-3-14(11-17(18)22(24,25)26)31-21(32)30-13-1-4-15(5-2-13)33-16-7-8-27-19(12-16)20-28-9-10-29-20/h1-8,11-12H,9-10H2,(H,28,29)(H2,30,31,32). The molecule has 0 bridgehead atoms. The van der Waals surface area contributed by atoms with Gasteiger partial charge in [0.2, 0.25) is 0 Å². The summed E-state index contributed by atoms with van der Waals surface area (Å²) in [4.78, 5) is 20.8. The zero-order chi connectivity index (χ0) is 23.4. The van der Waals surface area contributed by atoms with Crippen molar-refractivity contribution in [1.29, 1.82) is 0 Å². The van der Waals surface area contributed by atoms with Crippen LogP contribution in [0.1, 0.15) is 11.3 Å². The fraction of sp³-hybridized carbons (Fsp3) is 0.136. The van der Waals surface area contributed by atoms with E-state index < -0.39 is 22.8 Å². The lowest BCUT2D eigenvalue weighted by Gasteiger charge is -2.12. The van der Waals surface area contributed by atoms with Crippen LogP contribution in [-0.2, 0) is 6.18 Å². The molecule has 1 aromatic heterocycles. The molecular formula is C22H17ClF3N5O2. The van der Waals surface area contributed by atoms with E-state index in [0.29, 0.717) is 35.3 Å². The van der Waals surface area contributed by atoms with E-state index in [2.05, 4.69) is 25.9 Å². The molecule has 0 saturated heterocycles. The highest BCUT2D eigenvalue weighted by molar-refractivity contribution is 6.31. The number of amidine groups is 1. The highest BCUT2D eigenvalue weighted by Crippen LogP contribution is 2.36. The lowest BCUT2D eigenvalue weighted by atomic mass is 10.2. The second-order valence-corrected chi connectivity index (χ2v) is 7.34. The first kappa shape index (κ1) is 22.4. The molecule has 11 heteroatoms. The van der Waals surface area contributed by atoms with Gasteiger partial charge in [-0.05, 0) is 48.5 Å². The van der Waals surface area contributed by atoms with Crippen LogP contribution in [0.15, 0.2) is 65.8 Å². The Hall–Kier alpha value is -3.79. The summed E-state index contributed by atoms with van der Waals surface area (Å²) in [7, 11) is 0. The average Bonchev–Trinajstić information content (AvgIpc) is 3.31. The molecule has 33 heavy (non-hydrogen) atoms. The van der Waals surface area contributed by atoms with E-state index in [0.717, 1.165) is 18.7 Å². The first-order valence-corrected chi connectivity index (χ1v) is 10.1. The molecule has 0 saturated carbocycles. The molecule has 0 unspecified atom stereocenters. The SMILES string of the molecule is O=C(Nc1ccc(Oc2ccnc(C3=NCCN3)c2)cc1)Nc1ccc(Cl)c(C(F)(F)F)c1. The number of nitrogens with one attached hydrogen (secondary N) is 3. The maximum atomic E-state index is 13.0. The largest absolute Gasteiger partial charge is 0.457 e. The molecule has 3 N–H and O–H groups in total. The monoisotopic (exact) mass is 475 g/mol. The Kier molecular flexibility index (Phi) is 6.36. The van der Waals surface area contributed by atoms with Crippen LogP contribution in [-0.4, -0.2) is 29.9 Å². The number of carbonyl (C=O) groups excluding carboxylic acids is 1. The van der Waals surface area contributed by atoms with Gasteiger partial charge in [-0.2, -0.15) is 13.2 Å². The number of carbonyl (C=O) groups is 1. The lowest BCUT2D eigenvalue weighted by molar-refractivity contribution is -0.137. The van der Waals surface area contributed by atoms with Crippen LogP contribution in [0.2, 0.25) is 5.02 Å². The minimum atomic E-state index is -4.63. The Bertz CT molecular complexity index is 1200. The number of benzene rings is 2. The summed E-state index contributed by atoms with van der Waals surface area (Å²) in [6, 6.07) is 12.4. The smallest absolute Gasteiger partial charge is 0.417 e. The topological polar surface area (TPSA) is 87.6 Å². The normalized spacial score (nSPS) is 13.2. The van der Waals surface area contributed by atoms with Gasteiger partial charge in [-0.3, -0.25) is 9.98 Å². The van der Waals surface area contributed by atoms with E-state index >= 15 is 0 Å². The van der Waals surface area contributed by atoms with Gasteiger partial charge in [0.15, 0.2) is 0 Å². The number of amides is 2. The highest BCUT2D eigenvalue weighted by atomic mass is 35.5. The predicted octanol–water partition coefficient (Wildman–Crippen LogP) is 5.54. The number of anilines is 2. The van der Waals surface area contributed by atoms with Crippen molar-refractivity contribution >= 4 is 34.8 Å². The van der Waals surface area contributed by atoms with E-state index in [-0.39, 0.29) is 5.69 Å². The van der Waals surface area contributed by atoms with Gasteiger partial charge in [-0.15, -0.1) is 0 Å². The second-order valence-electron chi connectivity index (χ2n) is 6.93. The number of aliphatic imine (C=N–C) groups is 1. The first-order chi connectivity index (χ1) is 15.8. The van der Waals surface area contributed by atoms with Crippen molar-refractivity contribution in [2.75, 3.05) is 23.7 Å². The van der Waals surface area contributed by atoms with E-state index in [1.165, 1.54) is 6.07 Å². The molecule has 1 aliphatic heterocycles. The lowest BCUT2D eigenvalue weighted by Crippen LogP contribution is -2.20. The number of pyridine rings is 1. The molecule has 0 fully saturated rings. The Balaban J connectivity index is 1.37. The van der Waals surface area contributed by atoms with Crippen LogP contribution < -0.4 is 20.7 Å². The van der Waals surface area contributed by atoms with Crippen LogP contribution in [0.25, 0.3) is 0 Å². The average molecular weight is 476 g/mol. The van der Waals surface area contributed by atoms with Crippen molar-refractivity contribution in [3.63, 3.8) is 0 Å². The van der Waals surface area contributed by atoms with Crippen LogP contribution in [0.4, 0.5) is 29.3 Å². The van der Waals surface area contributed by atoms with Crippen molar-refractivity contribution in [1.82, 2.24) is 10.3 Å². The molecule has 4 rings (SSSR count). The molecule has 0 radical (unpaired) electrons. The molecule has 7 nitrogen and oxygen atoms in total. The Morgan fingerprint density at radius 1 is 1.00 bits per heavy atom. The quantitative estimate of drug-likeness (QED) is 0.452. The number of rotatable bonds is 5. The highest BCUT2D eigenvalue weighted by Gasteiger charge is 2.33. The maximum absolute atomic E-state index is 13.0. The molecule has 1 aliphatic rings. The molecule has 3 aromatic rings. The second kappa shape index (κ2) is 9.37. The zero-order valence-corrected chi connectivity index (χ0v) is 17.7. The number of hydrogen-bond donors (Lipinski definition) is 3. The minimum Gasteiger partial charge on any atom is -0.457 e. The Morgan fingerprint density at radius 3 is 2.42 bits per heavy atom. The number of hydrogen-bond acceptors (Lipinski definition) is 5. The molecule has 2 amide bonds. The molecule has 0 atom stereocenters. The van der Waals surface area contributed by atoms with Crippen molar-refractivity contribution in [3.8, 4) is 11.5 Å². The molecular weight excluding hydrogens is 459 g/mol. The summed E-state index contributed by atoms with van der Waals surface area (Å²) in [6.07, 6.45) is -3.01. The summed E-state index contributed by atoms with van der Waals surface area (Å²) in [5, 5.41) is 7.60. The van der Waals surface area contributed by atoms with Gasteiger partial charge in [0, 0.05) is 30.2 Å². The summed E-state index contributed by atoms with van der Waals surface area (Å²) in [6.45, 7) is 1.47. The van der Waals surface area contributed by atoms with Crippen molar-refractivity contribution < 1.29 is 22.7 Å². The first-order valence-electron chi connectivity index (χ1n) is 9.75. The van der Waals surface area contributed by atoms with Crippen molar-refractivity contribution in [2.24, 2.45) is 4.99 Å². The third kappa shape index (κ3) is 5.72. The minimum absolute atomic E-state index is 0.0426. The fourth-order valence-electron chi connectivity index (χ4n) is 3.03. The number of urea groups is 1. The fourth-order valence-corrected chi connectivity index (χ4v) is 3.25. The zero-order valence-electron chi connectivity index (χ0n) is 16.9. The van der Waals surface area contributed by atoms with Gasteiger partial charge in [0.25, 0.3) is 0 Å². The van der Waals surface area contributed by atoms with E-state index in [9.17, 15) is 18.0 Å². The summed E-state index contributed by atoms with van der Waals surface area (Å²) in [5.41, 5.74) is 0.0261. The third-order valence-corrected chi connectivity index (χ3v) is 4.86. The van der Waals surface area contributed by atoms with Crippen LogP contribution >= 0.6 is 11.6 Å². The Morgan fingerprint density at radius 2 is 1.73 bits per heavy atom. The third-order valence-electron chi connectivity index (χ3n) is 4.53. The maximum Gasteiger partial charge on any atom is 0.417 e. The van der Waals surface area contributed by atoms with Gasteiger partial charge in [0.1, 0.15) is 23.0 Å². The number of halogens is 4. The van der Waals surface area contributed by atoms with Gasteiger partial charge < -0.3 is 20.7 Å². The number of alkyl halides is 3. The van der Waals surface area contributed by atoms with E-state index in [1.807, 2.05) is 0 Å². The predicted molar refractivity (Wildman–Crippen MR) is 119 cm³/mol. The number of ether oxygens (including phenoxy) is 1. The van der Waals surface area contributed by atoms with Crippen LogP contribution in [0.5, 0.6) is 11.5 Å². The summed E-state index contributed by atoms with van der Waals surface area (Å²) >= 11 is 5.59. The van der Waals surface area contributed by atoms with E-state index in [4.69, 9.17) is 16.3 Å². The number of aromatic nitrogens is 1. The molecule has 2 heterocycles.